The smallest absolute Gasteiger partial charge is 0.273 e. The van der Waals surface area contributed by atoms with Crippen LogP contribution in [0.3, 0.4) is 0 Å². The summed E-state index contributed by atoms with van der Waals surface area (Å²) < 4.78 is 0. The highest BCUT2D eigenvalue weighted by Gasteiger charge is 2.12. The zero-order valence-corrected chi connectivity index (χ0v) is 11.6. The van der Waals surface area contributed by atoms with Gasteiger partial charge in [0.2, 0.25) is 0 Å². The van der Waals surface area contributed by atoms with E-state index in [0.717, 1.165) is 21.8 Å². The second-order valence-electron chi connectivity index (χ2n) is 4.58. The van der Waals surface area contributed by atoms with Gasteiger partial charge in [-0.05, 0) is 12.1 Å². The topological polar surface area (TPSA) is 70.7 Å². The maximum absolute atomic E-state index is 12.2. The first-order chi connectivity index (χ1) is 10.3. The van der Waals surface area contributed by atoms with E-state index in [-0.39, 0.29) is 5.91 Å². The fourth-order valence-corrected chi connectivity index (χ4v) is 2.83. The maximum atomic E-state index is 12.2. The number of hydrogen-bond donors (Lipinski definition) is 2. The molecule has 0 radical (unpaired) electrons. The van der Waals surface area contributed by atoms with Crippen LogP contribution < -0.4 is 5.32 Å². The highest BCUT2D eigenvalue weighted by molar-refractivity contribution is 7.13. The number of nitrogens with zero attached hydrogens (tertiary/aromatic N) is 2. The Hall–Kier alpha value is -2.73. The van der Waals surface area contributed by atoms with E-state index in [2.05, 4.69) is 20.3 Å². The van der Waals surface area contributed by atoms with Crippen molar-refractivity contribution in [3.05, 3.63) is 53.8 Å². The second kappa shape index (κ2) is 4.68. The molecule has 0 saturated heterocycles. The minimum absolute atomic E-state index is 0.203. The minimum atomic E-state index is -0.203. The normalized spacial score (nSPS) is 11.0. The molecule has 0 bridgehead atoms. The standard InChI is InChI=1S/C15H10N4OS/c20-14(19-15-17-6-7-21-15)11-8-10-4-3-9-2-1-5-16-12(9)13(10)18-11/h1-8,18H,(H,17,19,20). The number of aromatic nitrogens is 3. The van der Waals surface area contributed by atoms with Crippen LogP contribution in [0.1, 0.15) is 10.5 Å². The summed E-state index contributed by atoms with van der Waals surface area (Å²) in [5, 5.41) is 7.17. The van der Waals surface area contributed by atoms with Crippen LogP contribution in [0.2, 0.25) is 0 Å². The predicted molar refractivity (Wildman–Crippen MR) is 83.7 cm³/mol. The fraction of sp³-hybridized carbons (Fsp3) is 0. The number of nitrogens with one attached hydrogen (secondary N) is 2. The van der Waals surface area contributed by atoms with Gasteiger partial charge in [-0.2, -0.15) is 0 Å². The number of fused-ring (bicyclic) bond motifs is 3. The molecule has 4 aromatic rings. The Kier molecular flexibility index (Phi) is 2.68. The van der Waals surface area contributed by atoms with Crippen LogP contribution in [-0.4, -0.2) is 20.9 Å². The number of benzene rings is 1. The van der Waals surface area contributed by atoms with Gasteiger partial charge in [0.1, 0.15) is 5.69 Å². The Morgan fingerprint density at radius 2 is 2.05 bits per heavy atom. The zero-order valence-electron chi connectivity index (χ0n) is 10.8. The Bertz CT molecular complexity index is 943. The number of pyridine rings is 1. The largest absolute Gasteiger partial charge is 0.349 e. The number of H-pyrrole nitrogens is 1. The number of thiazole rings is 1. The third kappa shape index (κ3) is 2.05. The monoisotopic (exact) mass is 294 g/mol. The maximum Gasteiger partial charge on any atom is 0.273 e. The minimum Gasteiger partial charge on any atom is -0.349 e. The lowest BCUT2D eigenvalue weighted by molar-refractivity contribution is 0.102. The number of hydrogen-bond acceptors (Lipinski definition) is 4. The molecule has 102 valence electrons. The van der Waals surface area contributed by atoms with E-state index in [0.29, 0.717) is 10.8 Å². The molecule has 2 N–H and O–H groups in total. The van der Waals surface area contributed by atoms with Crippen LogP contribution in [-0.2, 0) is 0 Å². The molecule has 0 saturated carbocycles. The van der Waals surface area contributed by atoms with Crippen molar-refractivity contribution in [2.75, 3.05) is 5.32 Å². The highest BCUT2D eigenvalue weighted by atomic mass is 32.1. The van der Waals surface area contributed by atoms with Crippen molar-refractivity contribution < 1.29 is 4.79 Å². The first-order valence-corrected chi connectivity index (χ1v) is 7.26. The summed E-state index contributed by atoms with van der Waals surface area (Å²) in [5.74, 6) is -0.203. The molecular formula is C15H10N4OS. The number of aromatic amines is 1. The summed E-state index contributed by atoms with van der Waals surface area (Å²) in [6.07, 6.45) is 3.40. The quantitative estimate of drug-likeness (QED) is 0.595. The van der Waals surface area contributed by atoms with Crippen molar-refractivity contribution in [2.45, 2.75) is 0 Å². The summed E-state index contributed by atoms with van der Waals surface area (Å²) in [6, 6.07) is 9.70. The summed E-state index contributed by atoms with van der Waals surface area (Å²) >= 11 is 1.39. The third-order valence-corrected chi connectivity index (χ3v) is 3.95. The van der Waals surface area contributed by atoms with Crippen LogP contribution in [0, 0.1) is 0 Å². The number of carbonyl (C=O) groups is 1. The van der Waals surface area contributed by atoms with Gasteiger partial charge in [-0.3, -0.25) is 15.1 Å². The van der Waals surface area contributed by atoms with E-state index in [1.165, 1.54) is 11.3 Å². The number of amides is 1. The molecule has 0 fully saturated rings. The van der Waals surface area contributed by atoms with E-state index in [1.54, 1.807) is 12.4 Å². The number of carbonyl (C=O) groups excluding carboxylic acids is 1. The van der Waals surface area contributed by atoms with Crippen molar-refractivity contribution in [3.8, 4) is 0 Å². The van der Waals surface area contributed by atoms with Crippen molar-refractivity contribution in [1.29, 1.82) is 0 Å². The van der Waals surface area contributed by atoms with E-state index < -0.39 is 0 Å². The molecule has 3 heterocycles. The molecule has 1 amide bonds. The summed E-state index contributed by atoms with van der Waals surface area (Å²) in [4.78, 5) is 23.8. The summed E-state index contributed by atoms with van der Waals surface area (Å²) in [7, 11) is 0. The lowest BCUT2D eigenvalue weighted by Crippen LogP contribution is -2.11. The Morgan fingerprint density at radius 3 is 2.90 bits per heavy atom. The van der Waals surface area contributed by atoms with Gasteiger partial charge in [-0.25, -0.2) is 4.98 Å². The molecule has 0 atom stereocenters. The van der Waals surface area contributed by atoms with E-state index in [9.17, 15) is 4.79 Å². The summed E-state index contributed by atoms with van der Waals surface area (Å²) in [5.41, 5.74) is 2.24. The van der Waals surface area contributed by atoms with Gasteiger partial charge in [0.25, 0.3) is 5.91 Å². The number of rotatable bonds is 2. The molecule has 0 aliphatic heterocycles. The van der Waals surface area contributed by atoms with Gasteiger partial charge in [0, 0.05) is 28.5 Å². The van der Waals surface area contributed by atoms with Crippen LogP contribution in [0.15, 0.2) is 48.1 Å². The first-order valence-electron chi connectivity index (χ1n) is 6.38. The van der Waals surface area contributed by atoms with Crippen LogP contribution >= 0.6 is 11.3 Å². The molecule has 0 aliphatic rings. The van der Waals surface area contributed by atoms with Crippen LogP contribution in [0.5, 0.6) is 0 Å². The Labute approximate surface area is 123 Å². The van der Waals surface area contributed by atoms with Crippen molar-refractivity contribution in [3.63, 3.8) is 0 Å². The molecule has 0 unspecified atom stereocenters. The average Bonchev–Trinajstić information content (AvgIpc) is 3.15. The Balaban J connectivity index is 1.80. The summed E-state index contributed by atoms with van der Waals surface area (Å²) in [6.45, 7) is 0. The molecule has 4 rings (SSSR count). The van der Waals surface area contributed by atoms with Crippen molar-refractivity contribution in [2.24, 2.45) is 0 Å². The number of anilines is 1. The van der Waals surface area contributed by atoms with E-state index in [1.807, 2.05) is 35.7 Å². The van der Waals surface area contributed by atoms with Crippen LogP contribution in [0.4, 0.5) is 5.13 Å². The fourth-order valence-electron chi connectivity index (χ4n) is 2.31. The lowest BCUT2D eigenvalue weighted by Gasteiger charge is -1.98. The molecule has 1 aromatic carbocycles. The van der Waals surface area contributed by atoms with Crippen molar-refractivity contribution in [1.82, 2.24) is 15.0 Å². The van der Waals surface area contributed by atoms with Gasteiger partial charge < -0.3 is 4.98 Å². The van der Waals surface area contributed by atoms with Crippen LogP contribution in [0.25, 0.3) is 21.8 Å². The zero-order chi connectivity index (χ0) is 14.2. The first kappa shape index (κ1) is 12.0. The SMILES string of the molecule is O=C(Nc1nccs1)c1cc2ccc3cccnc3c2[nH]1. The van der Waals surface area contributed by atoms with E-state index >= 15 is 0 Å². The van der Waals surface area contributed by atoms with Gasteiger partial charge in [0.15, 0.2) is 5.13 Å². The van der Waals surface area contributed by atoms with Gasteiger partial charge >= 0.3 is 0 Å². The highest BCUT2D eigenvalue weighted by Crippen LogP contribution is 2.24. The van der Waals surface area contributed by atoms with Crippen molar-refractivity contribution >= 4 is 44.2 Å². The molecule has 3 aromatic heterocycles. The average molecular weight is 294 g/mol. The predicted octanol–water partition coefficient (Wildman–Crippen LogP) is 3.42. The van der Waals surface area contributed by atoms with Gasteiger partial charge in [0.05, 0.1) is 11.0 Å². The van der Waals surface area contributed by atoms with Gasteiger partial charge in [-0.15, -0.1) is 11.3 Å². The molecule has 0 aliphatic carbocycles. The Morgan fingerprint density at radius 1 is 1.14 bits per heavy atom. The van der Waals surface area contributed by atoms with Gasteiger partial charge in [-0.1, -0.05) is 18.2 Å². The molecule has 21 heavy (non-hydrogen) atoms. The second-order valence-corrected chi connectivity index (χ2v) is 5.47. The third-order valence-electron chi connectivity index (χ3n) is 3.26. The molecule has 6 heteroatoms. The molecular weight excluding hydrogens is 284 g/mol. The molecule has 0 spiro atoms. The lowest BCUT2D eigenvalue weighted by atomic mass is 10.1. The van der Waals surface area contributed by atoms with E-state index in [4.69, 9.17) is 0 Å². The molecule has 5 nitrogen and oxygen atoms in total.